The second-order valence-electron chi connectivity index (χ2n) is 5.21. The molecule has 2 rings (SSSR count). The molecular weight excluding hydrogens is 294 g/mol. The molecule has 1 N–H and O–H groups in total. The van der Waals surface area contributed by atoms with Gasteiger partial charge in [0.25, 0.3) is 0 Å². The first kappa shape index (κ1) is 15.8. The molecule has 0 aliphatic carbocycles. The molecule has 1 aromatic rings. The summed E-state index contributed by atoms with van der Waals surface area (Å²) in [6, 6.07) is 6.20. The Balaban J connectivity index is 2.31. The first-order valence-corrected chi connectivity index (χ1v) is 8.17. The smallest absolute Gasteiger partial charge is 0.311 e. The van der Waals surface area contributed by atoms with E-state index in [1.54, 1.807) is 19.1 Å². The summed E-state index contributed by atoms with van der Waals surface area (Å²) in [6.07, 6.45) is 0.745. The van der Waals surface area contributed by atoms with Crippen molar-refractivity contribution in [2.45, 2.75) is 24.7 Å². The molecule has 7 heteroatoms. The van der Waals surface area contributed by atoms with Gasteiger partial charge in [-0.25, -0.2) is 8.42 Å². The lowest BCUT2D eigenvalue weighted by atomic mass is 9.85. The summed E-state index contributed by atoms with van der Waals surface area (Å²) >= 11 is 0. The number of carboxylic acids is 1. The van der Waals surface area contributed by atoms with Crippen LogP contribution in [0.15, 0.2) is 29.2 Å². The van der Waals surface area contributed by atoms with Crippen LogP contribution in [0.1, 0.15) is 19.8 Å². The SMILES string of the molecule is CCC1(C(=O)O)CCN(S(=O)(=O)c2cccc(OC)c2)C1. The van der Waals surface area contributed by atoms with Crippen molar-refractivity contribution in [2.24, 2.45) is 5.41 Å². The Morgan fingerprint density at radius 1 is 1.48 bits per heavy atom. The molecule has 6 nitrogen and oxygen atoms in total. The summed E-state index contributed by atoms with van der Waals surface area (Å²) in [5.41, 5.74) is -0.980. The number of nitrogens with zero attached hydrogens (tertiary/aromatic N) is 1. The first-order chi connectivity index (χ1) is 9.85. The van der Waals surface area contributed by atoms with Crippen LogP contribution in [0, 0.1) is 5.41 Å². The Morgan fingerprint density at radius 3 is 2.71 bits per heavy atom. The van der Waals surface area contributed by atoms with Crippen LogP contribution in [-0.4, -0.2) is 44.0 Å². The minimum atomic E-state index is -3.70. The molecule has 1 unspecified atom stereocenters. The van der Waals surface area contributed by atoms with E-state index in [1.807, 2.05) is 0 Å². The predicted octanol–water partition coefficient (Wildman–Crippen LogP) is 1.57. The molecule has 1 heterocycles. The van der Waals surface area contributed by atoms with Gasteiger partial charge in [0, 0.05) is 19.2 Å². The van der Waals surface area contributed by atoms with Crippen molar-refractivity contribution in [2.75, 3.05) is 20.2 Å². The molecule has 0 saturated carbocycles. The number of ether oxygens (including phenoxy) is 1. The third-order valence-corrected chi connectivity index (χ3v) is 5.97. The quantitative estimate of drug-likeness (QED) is 0.892. The Morgan fingerprint density at radius 2 is 2.19 bits per heavy atom. The molecule has 1 atom stereocenters. The van der Waals surface area contributed by atoms with E-state index in [2.05, 4.69) is 0 Å². The molecule has 1 saturated heterocycles. The van der Waals surface area contributed by atoms with Gasteiger partial charge in [0.1, 0.15) is 5.75 Å². The van der Waals surface area contributed by atoms with Crippen LogP contribution in [0.4, 0.5) is 0 Å². The van der Waals surface area contributed by atoms with Crippen LogP contribution in [-0.2, 0) is 14.8 Å². The number of benzene rings is 1. The topological polar surface area (TPSA) is 83.9 Å². The predicted molar refractivity (Wildman–Crippen MR) is 76.7 cm³/mol. The van der Waals surface area contributed by atoms with E-state index < -0.39 is 21.4 Å². The van der Waals surface area contributed by atoms with Gasteiger partial charge in [-0.05, 0) is 25.0 Å². The number of methoxy groups -OCH3 is 1. The molecule has 0 radical (unpaired) electrons. The molecule has 1 aliphatic heterocycles. The second kappa shape index (κ2) is 5.65. The fourth-order valence-electron chi connectivity index (χ4n) is 2.56. The Kier molecular flexibility index (Phi) is 4.25. The minimum Gasteiger partial charge on any atom is -0.497 e. The summed E-state index contributed by atoms with van der Waals surface area (Å²) in [6.45, 7) is 2.01. The monoisotopic (exact) mass is 313 g/mol. The number of carboxylic acid groups (broad SMARTS) is 1. The first-order valence-electron chi connectivity index (χ1n) is 6.73. The largest absolute Gasteiger partial charge is 0.497 e. The molecule has 0 amide bonds. The third-order valence-electron chi connectivity index (χ3n) is 4.13. The van der Waals surface area contributed by atoms with Crippen LogP contribution < -0.4 is 4.74 Å². The van der Waals surface area contributed by atoms with Crippen LogP contribution in [0.25, 0.3) is 0 Å². The summed E-state index contributed by atoms with van der Waals surface area (Å²) in [7, 11) is -2.23. The number of carbonyl (C=O) groups is 1. The van der Waals surface area contributed by atoms with E-state index in [9.17, 15) is 18.3 Å². The van der Waals surface area contributed by atoms with E-state index in [-0.39, 0.29) is 18.0 Å². The Labute approximate surface area is 124 Å². The molecule has 1 fully saturated rings. The Bertz CT molecular complexity index is 643. The highest BCUT2D eigenvalue weighted by atomic mass is 32.2. The molecule has 116 valence electrons. The molecule has 0 spiro atoms. The van der Waals surface area contributed by atoms with Gasteiger partial charge >= 0.3 is 5.97 Å². The van der Waals surface area contributed by atoms with Crippen molar-refractivity contribution >= 4 is 16.0 Å². The normalized spacial score (nSPS) is 23.1. The average Bonchev–Trinajstić information content (AvgIpc) is 2.94. The maximum Gasteiger partial charge on any atom is 0.311 e. The molecule has 1 aromatic carbocycles. The summed E-state index contributed by atoms with van der Waals surface area (Å²) in [4.78, 5) is 11.5. The zero-order chi connectivity index (χ0) is 15.7. The van der Waals surface area contributed by atoms with Crippen molar-refractivity contribution in [3.05, 3.63) is 24.3 Å². The van der Waals surface area contributed by atoms with E-state index in [0.29, 0.717) is 18.6 Å². The minimum absolute atomic E-state index is 0.0123. The van der Waals surface area contributed by atoms with Gasteiger partial charge in [0.15, 0.2) is 0 Å². The van der Waals surface area contributed by atoms with Crippen molar-refractivity contribution in [1.29, 1.82) is 0 Å². The molecule has 0 aromatic heterocycles. The van der Waals surface area contributed by atoms with Crippen molar-refractivity contribution in [1.82, 2.24) is 4.31 Å². The summed E-state index contributed by atoms with van der Waals surface area (Å²) < 4.78 is 31.5. The number of aliphatic carboxylic acids is 1. The zero-order valence-corrected chi connectivity index (χ0v) is 12.9. The fourth-order valence-corrected chi connectivity index (χ4v) is 4.13. The van der Waals surface area contributed by atoms with Gasteiger partial charge in [-0.15, -0.1) is 0 Å². The number of rotatable bonds is 5. The molecule has 1 aliphatic rings. The van der Waals surface area contributed by atoms with Crippen LogP contribution in [0.3, 0.4) is 0 Å². The molecule has 21 heavy (non-hydrogen) atoms. The van der Waals surface area contributed by atoms with Crippen LogP contribution in [0.2, 0.25) is 0 Å². The van der Waals surface area contributed by atoms with E-state index in [1.165, 1.54) is 23.5 Å². The zero-order valence-electron chi connectivity index (χ0n) is 12.1. The van der Waals surface area contributed by atoms with Crippen molar-refractivity contribution in [3.63, 3.8) is 0 Å². The van der Waals surface area contributed by atoms with Gasteiger partial charge in [0.05, 0.1) is 17.4 Å². The number of sulfonamides is 1. The van der Waals surface area contributed by atoms with Crippen LogP contribution >= 0.6 is 0 Å². The van der Waals surface area contributed by atoms with E-state index in [0.717, 1.165) is 0 Å². The van der Waals surface area contributed by atoms with Crippen molar-refractivity contribution < 1.29 is 23.1 Å². The lowest BCUT2D eigenvalue weighted by Gasteiger charge is -2.23. The molecule has 0 bridgehead atoms. The highest BCUT2D eigenvalue weighted by Gasteiger charge is 2.47. The maximum atomic E-state index is 12.6. The molecular formula is C14H19NO5S. The van der Waals surface area contributed by atoms with Crippen LogP contribution in [0.5, 0.6) is 5.75 Å². The number of hydrogen-bond donors (Lipinski definition) is 1. The van der Waals surface area contributed by atoms with E-state index >= 15 is 0 Å². The maximum absolute atomic E-state index is 12.6. The van der Waals surface area contributed by atoms with Gasteiger partial charge in [0.2, 0.25) is 10.0 Å². The third kappa shape index (κ3) is 2.75. The summed E-state index contributed by atoms with van der Waals surface area (Å²) in [5, 5.41) is 9.36. The van der Waals surface area contributed by atoms with Gasteiger partial charge in [-0.3, -0.25) is 4.79 Å². The second-order valence-corrected chi connectivity index (χ2v) is 7.14. The Hall–Kier alpha value is -1.60. The summed E-state index contributed by atoms with van der Waals surface area (Å²) in [5.74, 6) is -0.483. The lowest BCUT2D eigenvalue weighted by molar-refractivity contribution is -0.148. The standard InChI is InChI=1S/C14H19NO5S/c1-3-14(13(16)17)7-8-15(10-14)21(18,19)12-6-4-5-11(9-12)20-2/h4-6,9H,3,7-8,10H2,1-2H3,(H,16,17). The fraction of sp³-hybridized carbons (Fsp3) is 0.500. The van der Waals surface area contributed by atoms with Gasteiger partial charge < -0.3 is 9.84 Å². The van der Waals surface area contributed by atoms with E-state index in [4.69, 9.17) is 4.74 Å². The average molecular weight is 313 g/mol. The van der Waals surface area contributed by atoms with Gasteiger partial charge in [-0.1, -0.05) is 13.0 Å². The highest BCUT2D eigenvalue weighted by Crippen LogP contribution is 2.37. The van der Waals surface area contributed by atoms with Gasteiger partial charge in [-0.2, -0.15) is 4.31 Å². The van der Waals surface area contributed by atoms with Crippen molar-refractivity contribution in [3.8, 4) is 5.75 Å². The highest BCUT2D eigenvalue weighted by molar-refractivity contribution is 7.89. The lowest BCUT2D eigenvalue weighted by Crippen LogP contribution is -2.36. The number of hydrogen-bond acceptors (Lipinski definition) is 4.